The molecule has 3 rings (SSSR count). The number of halogens is 2. The average molecular weight is 482 g/mol. The number of carbonyl (C=O) groups excluding carboxylic acids is 3. The zero-order valence-electron chi connectivity index (χ0n) is 16.5. The Morgan fingerprint density at radius 1 is 1.13 bits per heavy atom. The number of imide groups is 1. The van der Waals surface area contributed by atoms with E-state index in [1.54, 1.807) is 24.3 Å². The molecular formula is C21H17Cl2NO6S. The van der Waals surface area contributed by atoms with Crippen molar-refractivity contribution in [1.82, 2.24) is 4.90 Å². The fraction of sp³-hybridized carbons (Fsp3) is 0.190. The number of methoxy groups -OCH3 is 2. The number of esters is 1. The molecule has 0 radical (unpaired) electrons. The van der Waals surface area contributed by atoms with E-state index >= 15 is 0 Å². The molecule has 0 N–H and O–H groups in total. The van der Waals surface area contributed by atoms with Crippen molar-refractivity contribution >= 4 is 58.2 Å². The topological polar surface area (TPSA) is 82.1 Å². The number of thioether (sulfide) groups is 1. The SMILES string of the molecule is COC(=O)CN1C(=O)S/C(=C\c2cc(Cl)c(OCc3ccc(Cl)cc3)c(OC)c2)C1=O. The lowest BCUT2D eigenvalue weighted by Gasteiger charge is -2.14. The molecule has 0 aromatic heterocycles. The summed E-state index contributed by atoms with van der Waals surface area (Å²) in [4.78, 5) is 36.9. The molecule has 10 heteroatoms. The smallest absolute Gasteiger partial charge is 0.325 e. The van der Waals surface area contributed by atoms with Crippen LogP contribution in [0, 0.1) is 0 Å². The van der Waals surface area contributed by atoms with Crippen LogP contribution in [0.2, 0.25) is 10.0 Å². The molecule has 0 spiro atoms. The molecule has 1 aliphatic rings. The minimum absolute atomic E-state index is 0.154. The van der Waals surface area contributed by atoms with E-state index in [2.05, 4.69) is 4.74 Å². The number of ether oxygens (including phenoxy) is 3. The highest BCUT2D eigenvalue weighted by Crippen LogP contribution is 2.39. The Labute approximate surface area is 192 Å². The quantitative estimate of drug-likeness (QED) is 0.415. The first-order chi connectivity index (χ1) is 14.8. The Hall–Kier alpha value is -2.68. The number of amides is 2. The summed E-state index contributed by atoms with van der Waals surface area (Å²) in [6.07, 6.45) is 1.50. The summed E-state index contributed by atoms with van der Waals surface area (Å²) in [6, 6.07) is 10.4. The van der Waals surface area contributed by atoms with Gasteiger partial charge in [0.05, 0.1) is 24.1 Å². The monoisotopic (exact) mass is 481 g/mol. The van der Waals surface area contributed by atoms with Gasteiger partial charge >= 0.3 is 5.97 Å². The highest BCUT2D eigenvalue weighted by atomic mass is 35.5. The first-order valence-electron chi connectivity index (χ1n) is 8.89. The third kappa shape index (κ3) is 5.52. The van der Waals surface area contributed by atoms with E-state index in [4.69, 9.17) is 32.7 Å². The molecule has 0 bridgehead atoms. The normalized spacial score (nSPS) is 14.8. The second-order valence-corrected chi connectivity index (χ2v) is 8.13. The predicted molar refractivity (Wildman–Crippen MR) is 118 cm³/mol. The summed E-state index contributed by atoms with van der Waals surface area (Å²) in [6.45, 7) is -0.195. The van der Waals surface area contributed by atoms with Gasteiger partial charge in [0.2, 0.25) is 0 Å². The molecule has 1 aliphatic heterocycles. The maximum atomic E-state index is 12.5. The molecule has 1 saturated heterocycles. The second-order valence-electron chi connectivity index (χ2n) is 6.29. The van der Waals surface area contributed by atoms with Crippen LogP contribution in [0.1, 0.15) is 11.1 Å². The van der Waals surface area contributed by atoms with Crippen molar-refractivity contribution in [1.29, 1.82) is 0 Å². The first-order valence-corrected chi connectivity index (χ1v) is 10.5. The standard InChI is InChI=1S/C21H17Cl2NO6S/c1-28-16-8-13(9-17-20(26)24(21(27)31-17)10-18(25)29-2)7-15(23)19(16)30-11-12-3-5-14(22)6-4-12/h3-9H,10-11H2,1-2H3/b17-9-. The molecule has 31 heavy (non-hydrogen) atoms. The van der Waals surface area contributed by atoms with E-state index in [-0.39, 0.29) is 16.5 Å². The molecular weight excluding hydrogens is 465 g/mol. The highest BCUT2D eigenvalue weighted by Gasteiger charge is 2.36. The summed E-state index contributed by atoms with van der Waals surface area (Å²) < 4.78 is 15.7. The van der Waals surface area contributed by atoms with E-state index in [1.165, 1.54) is 20.3 Å². The van der Waals surface area contributed by atoms with Gasteiger partial charge in [0.1, 0.15) is 13.2 Å². The Bertz CT molecular complexity index is 1050. The number of nitrogens with zero attached hydrogens (tertiary/aromatic N) is 1. The fourth-order valence-corrected chi connectivity index (χ4v) is 3.92. The van der Waals surface area contributed by atoms with Crippen molar-refractivity contribution in [2.24, 2.45) is 0 Å². The van der Waals surface area contributed by atoms with Gasteiger partial charge < -0.3 is 14.2 Å². The Kier molecular flexibility index (Phi) is 7.48. The van der Waals surface area contributed by atoms with Crippen LogP contribution in [0.3, 0.4) is 0 Å². The third-order valence-electron chi connectivity index (χ3n) is 4.23. The number of benzene rings is 2. The van der Waals surface area contributed by atoms with Gasteiger partial charge in [0.25, 0.3) is 11.1 Å². The van der Waals surface area contributed by atoms with Crippen molar-refractivity contribution in [2.75, 3.05) is 20.8 Å². The van der Waals surface area contributed by atoms with Crippen LogP contribution < -0.4 is 9.47 Å². The molecule has 0 atom stereocenters. The van der Waals surface area contributed by atoms with Gasteiger partial charge in [0.15, 0.2) is 11.5 Å². The number of carbonyl (C=O) groups is 3. The predicted octanol–water partition coefficient (Wildman–Crippen LogP) is 4.79. The van der Waals surface area contributed by atoms with Crippen LogP contribution in [0.5, 0.6) is 11.5 Å². The van der Waals surface area contributed by atoms with Crippen LogP contribution in [0.4, 0.5) is 4.79 Å². The van der Waals surface area contributed by atoms with Crippen LogP contribution in [0.15, 0.2) is 41.3 Å². The summed E-state index contributed by atoms with van der Waals surface area (Å²) in [5, 5.41) is 0.343. The van der Waals surface area contributed by atoms with Crippen molar-refractivity contribution in [2.45, 2.75) is 6.61 Å². The van der Waals surface area contributed by atoms with Crippen LogP contribution in [-0.2, 0) is 20.9 Å². The zero-order valence-corrected chi connectivity index (χ0v) is 18.8. The number of hydrogen-bond donors (Lipinski definition) is 0. The van der Waals surface area contributed by atoms with Gasteiger partial charge in [-0.3, -0.25) is 19.3 Å². The lowest BCUT2D eigenvalue weighted by Crippen LogP contribution is -2.34. The van der Waals surface area contributed by atoms with E-state index < -0.39 is 23.7 Å². The van der Waals surface area contributed by atoms with Gasteiger partial charge in [0, 0.05) is 5.02 Å². The number of hydrogen-bond acceptors (Lipinski definition) is 7. The average Bonchev–Trinajstić information content (AvgIpc) is 3.01. The lowest BCUT2D eigenvalue weighted by atomic mass is 10.1. The van der Waals surface area contributed by atoms with E-state index in [9.17, 15) is 14.4 Å². The minimum Gasteiger partial charge on any atom is -0.493 e. The largest absolute Gasteiger partial charge is 0.493 e. The van der Waals surface area contributed by atoms with Gasteiger partial charge in [-0.1, -0.05) is 35.3 Å². The first kappa shape index (κ1) is 23.0. The maximum Gasteiger partial charge on any atom is 0.325 e. The summed E-state index contributed by atoms with van der Waals surface area (Å²) in [5.41, 5.74) is 1.43. The molecule has 2 aromatic rings. The highest BCUT2D eigenvalue weighted by molar-refractivity contribution is 8.18. The van der Waals surface area contributed by atoms with Gasteiger partial charge in [-0.05, 0) is 53.2 Å². The minimum atomic E-state index is -0.685. The Balaban J connectivity index is 1.80. The molecule has 0 saturated carbocycles. The molecule has 0 unspecified atom stereocenters. The van der Waals surface area contributed by atoms with E-state index in [1.807, 2.05) is 12.1 Å². The summed E-state index contributed by atoms with van der Waals surface area (Å²) in [5.74, 6) is -0.564. The second kappa shape index (κ2) is 10.1. The van der Waals surface area contributed by atoms with Gasteiger partial charge in [-0.2, -0.15) is 0 Å². The molecule has 7 nitrogen and oxygen atoms in total. The molecule has 2 aromatic carbocycles. The summed E-state index contributed by atoms with van der Waals surface area (Å²) in [7, 11) is 2.65. The molecule has 0 aliphatic carbocycles. The third-order valence-corrected chi connectivity index (χ3v) is 5.67. The maximum absolute atomic E-state index is 12.5. The Morgan fingerprint density at radius 2 is 1.84 bits per heavy atom. The van der Waals surface area contributed by atoms with Gasteiger partial charge in [-0.25, -0.2) is 0 Å². The molecule has 2 amide bonds. The van der Waals surface area contributed by atoms with Crippen LogP contribution in [0.25, 0.3) is 6.08 Å². The van der Waals surface area contributed by atoms with Crippen molar-refractivity contribution in [3.05, 3.63) is 62.5 Å². The zero-order chi connectivity index (χ0) is 22.5. The fourth-order valence-electron chi connectivity index (χ4n) is 2.68. The molecule has 162 valence electrons. The summed E-state index contributed by atoms with van der Waals surface area (Å²) >= 11 is 13.0. The number of rotatable bonds is 7. The van der Waals surface area contributed by atoms with Crippen LogP contribution >= 0.6 is 35.0 Å². The van der Waals surface area contributed by atoms with E-state index in [0.717, 1.165) is 22.2 Å². The van der Waals surface area contributed by atoms with Gasteiger partial charge in [-0.15, -0.1) is 0 Å². The van der Waals surface area contributed by atoms with Crippen LogP contribution in [-0.4, -0.2) is 42.8 Å². The van der Waals surface area contributed by atoms with Crippen molar-refractivity contribution in [3.63, 3.8) is 0 Å². The Morgan fingerprint density at radius 3 is 2.48 bits per heavy atom. The van der Waals surface area contributed by atoms with Crippen molar-refractivity contribution in [3.8, 4) is 11.5 Å². The lowest BCUT2D eigenvalue weighted by molar-refractivity contribution is -0.143. The van der Waals surface area contributed by atoms with E-state index in [0.29, 0.717) is 22.1 Å². The van der Waals surface area contributed by atoms with Crippen molar-refractivity contribution < 1.29 is 28.6 Å². The molecule has 1 fully saturated rings. The molecule has 1 heterocycles.